The van der Waals surface area contributed by atoms with Gasteiger partial charge in [-0.3, -0.25) is 4.79 Å². The molecule has 0 aliphatic rings. The Hall–Kier alpha value is -1.40. The highest BCUT2D eigenvalue weighted by Gasteiger charge is 2.26. The molecule has 0 spiro atoms. The van der Waals surface area contributed by atoms with E-state index in [4.69, 9.17) is 14.2 Å². The predicted molar refractivity (Wildman–Crippen MR) is 84.4 cm³/mol. The lowest BCUT2D eigenvalue weighted by molar-refractivity contribution is -0.158. The van der Waals surface area contributed by atoms with Gasteiger partial charge in [0.2, 0.25) is 0 Å². The third-order valence-electron chi connectivity index (χ3n) is 2.57. The van der Waals surface area contributed by atoms with Crippen molar-refractivity contribution in [3.05, 3.63) is 12.2 Å². The molecule has 6 heteroatoms. The van der Waals surface area contributed by atoms with Gasteiger partial charge in [-0.15, -0.1) is 0 Å². The number of hydrogen-bond donors (Lipinski definition) is 1. The first-order chi connectivity index (χ1) is 10.2. The molecule has 0 rings (SSSR count). The van der Waals surface area contributed by atoms with Crippen LogP contribution in [0.4, 0.5) is 0 Å². The number of carbonyl (C=O) groups excluding carboxylic acids is 2. The molecule has 0 unspecified atom stereocenters. The summed E-state index contributed by atoms with van der Waals surface area (Å²) >= 11 is 0. The van der Waals surface area contributed by atoms with E-state index in [-0.39, 0.29) is 18.5 Å². The molecule has 1 N–H and O–H groups in total. The molecule has 0 bridgehead atoms. The summed E-state index contributed by atoms with van der Waals surface area (Å²) < 4.78 is 15.0. The zero-order valence-electron chi connectivity index (χ0n) is 14.5. The summed E-state index contributed by atoms with van der Waals surface area (Å²) in [5.74, 6) is -0.646. The van der Waals surface area contributed by atoms with Gasteiger partial charge < -0.3 is 19.5 Å². The zero-order chi connectivity index (χ0) is 17.2. The van der Waals surface area contributed by atoms with Gasteiger partial charge in [-0.05, 0) is 26.7 Å². The summed E-state index contributed by atoms with van der Waals surface area (Å²) in [7, 11) is 1.54. The topological polar surface area (TPSA) is 73.9 Å². The second-order valence-corrected chi connectivity index (χ2v) is 6.23. The molecule has 0 heterocycles. The summed E-state index contributed by atoms with van der Waals surface area (Å²) in [5.41, 5.74) is -0.521. The lowest BCUT2D eigenvalue weighted by atomic mass is 10.0. The van der Waals surface area contributed by atoms with Crippen LogP contribution >= 0.6 is 0 Å². The maximum Gasteiger partial charge on any atom is 0.330 e. The largest absolute Gasteiger partial charge is 0.460 e. The Morgan fingerprint density at radius 3 is 2.32 bits per heavy atom. The number of esters is 2. The van der Waals surface area contributed by atoms with Crippen LogP contribution < -0.4 is 5.32 Å². The summed E-state index contributed by atoms with van der Waals surface area (Å²) in [6, 6.07) is -0.423. The molecule has 0 fully saturated rings. The normalized spacial score (nSPS) is 13.4. The van der Waals surface area contributed by atoms with Crippen LogP contribution in [0.2, 0.25) is 0 Å². The minimum atomic E-state index is -0.521. The highest BCUT2D eigenvalue weighted by Crippen LogP contribution is 2.12. The van der Waals surface area contributed by atoms with Gasteiger partial charge in [0.25, 0.3) is 0 Å². The summed E-state index contributed by atoms with van der Waals surface area (Å²) in [5, 5.41) is 3.07. The molecular formula is C16H29NO5. The number of rotatable bonds is 9. The fraction of sp³-hybridized carbons (Fsp3) is 0.750. The fourth-order valence-electron chi connectivity index (χ4n) is 1.58. The van der Waals surface area contributed by atoms with Crippen LogP contribution in [0.15, 0.2) is 12.2 Å². The summed E-state index contributed by atoms with van der Waals surface area (Å²) in [6.45, 7) is 10.3. The van der Waals surface area contributed by atoms with Crippen LogP contribution in [0, 0.1) is 5.92 Å². The second-order valence-electron chi connectivity index (χ2n) is 6.23. The van der Waals surface area contributed by atoms with Crippen LogP contribution in [0.5, 0.6) is 0 Å². The molecule has 1 atom stereocenters. The van der Waals surface area contributed by atoms with Crippen LogP contribution in [0.3, 0.4) is 0 Å². The van der Waals surface area contributed by atoms with Crippen molar-refractivity contribution in [1.29, 1.82) is 0 Å². The van der Waals surface area contributed by atoms with Gasteiger partial charge in [-0.1, -0.05) is 19.9 Å². The van der Waals surface area contributed by atoms with E-state index in [9.17, 15) is 9.59 Å². The Morgan fingerprint density at radius 2 is 1.82 bits per heavy atom. The van der Waals surface area contributed by atoms with Crippen LogP contribution in [-0.2, 0) is 23.8 Å². The minimum Gasteiger partial charge on any atom is -0.460 e. The van der Waals surface area contributed by atoms with Crippen LogP contribution in [-0.4, -0.2) is 50.4 Å². The number of hydrogen-bond acceptors (Lipinski definition) is 6. The van der Waals surface area contributed by atoms with Crippen molar-refractivity contribution in [2.24, 2.45) is 5.92 Å². The molecular weight excluding hydrogens is 286 g/mol. The first kappa shape index (κ1) is 20.6. The Balaban J connectivity index is 4.26. The van der Waals surface area contributed by atoms with E-state index in [1.54, 1.807) is 6.08 Å². The maximum atomic E-state index is 12.1. The van der Waals surface area contributed by atoms with Crippen molar-refractivity contribution in [1.82, 2.24) is 5.32 Å². The Bertz CT molecular complexity index is 371. The van der Waals surface area contributed by atoms with Gasteiger partial charge in [-0.25, -0.2) is 4.79 Å². The van der Waals surface area contributed by atoms with E-state index in [1.165, 1.54) is 13.2 Å². The van der Waals surface area contributed by atoms with Crippen molar-refractivity contribution in [2.45, 2.75) is 46.3 Å². The van der Waals surface area contributed by atoms with Gasteiger partial charge in [-0.2, -0.15) is 0 Å². The predicted octanol–water partition coefficient (Wildman–Crippen LogP) is 1.69. The standard InChI is InChI=1S/C16H29NO5/c1-12(2)14(15(19)22-16(3,4)5)17-9-7-8-13(18)21-11-10-20-6/h7-8,12,14,17H,9-11H2,1-6H3/t14-/m1/s1. The summed E-state index contributed by atoms with van der Waals surface area (Å²) in [4.78, 5) is 23.4. The van der Waals surface area contributed by atoms with E-state index in [1.807, 2.05) is 34.6 Å². The average molecular weight is 315 g/mol. The van der Waals surface area contributed by atoms with Gasteiger partial charge >= 0.3 is 11.9 Å². The van der Waals surface area contributed by atoms with Crippen molar-refractivity contribution in [2.75, 3.05) is 26.9 Å². The number of carbonyl (C=O) groups is 2. The average Bonchev–Trinajstić information content (AvgIpc) is 2.36. The van der Waals surface area contributed by atoms with E-state index in [2.05, 4.69) is 5.32 Å². The highest BCUT2D eigenvalue weighted by atomic mass is 16.6. The Kier molecular flexibility index (Phi) is 9.69. The summed E-state index contributed by atoms with van der Waals surface area (Å²) in [6.07, 6.45) is 2.95. The van der Waals surface area contributed by atoms with Crippen LogP contribution in [0.1, 0.15) is 34.6 Å². The first-order valence-corrected chi connectivity index (χ1v) is 7.46. The molecule has 0 aliphatic carbocycles. The molecule has 0 aromatic carbocycles. The van der Waals surface area contributed by atoms with E-state index < -0.39 is 17.6 Å². The molecule has 0 saturated heterocycles. The van der Waals surface area contributed by atoms with E-state index in [0.29, 0.717) is 13.2 Å². The third kappa shape index (κ3) is 10.3. The number of ether oxygens (including phenoxy) is 3. The first-order valence-electron chi connectivity index (χ1n) is 7.46. The van der Waals surface area contributed by atoms with Crippen molar-refractivity contribution >= 4 is 11.9 Å². The Morgan fingerprint density at radius 1 is 1.18 bits per heavy atom. The smallest absolute Gasteiger partial charge is 0.330 e. The molecule has 0 aliphatic heterocycles. The molecule has 6 nitrogen and oxygen atoms in total. The SMILES string of the molecule is COCCOC(=O)C=CCN[C@@H](C(=O)OC(C)(C)C)C(C)C. The third-order valence-corrected chi connectivity index (χ3v) is 2.57. The van der Waals surface area contributed by atoms with Crippen LogP contribution in [0.25, 0.3) is 0 Å². The molecule has 128 valence electrons. The van der Waals surface area contributed by atoms with Gasteiger partial charge in [0.05, 0.1) is 6.61 Å². The van der Waals surface area contributed by atoms with Crippen molar-refractivity contribution < 1.29 is 23.8 Å². The highest BCUT2D eigenvalue weighted by molar-refractivity contribution is 5.82. The molecule has 22 heavy (non-hydrogen) atoms. The maximum absolute atomic E-state index is 12.1. The minimum absolute atomic E-state index is 0.0805. The van der Waals surface area contributed by atoms with Crippen molar-refractivity contribution in [3.63, 3.8) is 0 Å². The quantitative estimate of drug-likeness (QED) is 0.396. The molecule has 0 aromatic heterocycles. The molecule has 0 amide bonds. The van der Waals surface area contributed by atoms with Crippen molar-refractivity contribution in [3.8, 4) is 0 Å². The van der Waals surface area contributed by atoms with E-state index >= 15 is 0 Å². The molecule has 0 saturated carbocycles. The lowest BCUT2D eigenvalue weighted by Gasteiger charge is -2.26. The number of methoxy groups -OCH3 is 1. The molecule has 0 aromatic rings. The van der Waals surface area contributed by atoms with Gasteiger partial charge in [0.15, 0.2) is 0 Å². The molecule has 0 radical (unpaired) electrons. The fourth-order valence-corrected chi connectivity index (χ4v) is 1.58. The van der Waals surface area contributed by atoms with Gasteiger partial charge in [0.1, 0.15) is 18.2 Å². The Labute approximate surface area is 133 Å². The zero-order valence-corrected chi connectivity index (χ0v) is 14.5. The second kappa shape index (κ2) is 10.3. The van der Waals surface area contributed by atoms with E-state index in [0.717, 1.165) is 0 Å². The van der Waals surface area contributed by atoms with Gasteiger partial charge in [0, 0.05) is 19.7 Å². The lowest BCUT2D eigenvalue weighted by Crippen LogP contribution is -2.44. The monoisotopic (exact) mass is 315 g/mol. The number of nitrogens with one attached hydrogen (secondary N) is 1.